The van der Waals surface area contributed by atoms with Gasteiger partial charge in [0.25, 0.3) is 0 Å². The molecule has 0 saturated heterocycles. The van der Waals surface area contributed by atoms with Crippen molar-refractivity contribution in [3.05, 3.63) is 107 Å². The maximum atomic E-state index is 12.2. The van der Waals surface area contributed by atoms with E-state index in [4.69, 9.17) is 0 Å². The van der Waals surface area contributed by atoms with Gasteiger partial charge in [0.1, 0.15) is 11.4 Å². The zero-order valence-electron chi connectivity index (χ0n) is 18.1. The standard InChI is InChI=1S/C29H30O2/c1-2-28-19-25(17-21-9-5-3-6-10-21)29(31,23-11-7-4-8-12-23)20-24(28)14-13-22-18-26(30)15-16-27(22)28/h3-12,15-18,24,30-31H,2,13-14,19-20H2,1H3. The van der Waals surface area contributed by atoms with Crippen LogP contribution in [0.2, 0.25) is 0 Å². The number of phenolic OH excluding ortho intramolecular Hbond substituents is 1. The summed E-state index contributed by atoms with van der Waals surface area (Å²) in [5.41, 5.74) is 4.85. The highest BCUT2D eigenvalue weighted by atomic mass is 16.3. The van der Waals surface area contributed by atoms with E-state index in [0.717, 1.165) is 48.8 Å². The van der Waals surface area contributed by atoms with Crippen LogP contribution in [-0.4, -0.2) is 10.2 Å². The predicted molar refractivity (Wildman–Crippen MR) is 126 cm³/mol. The van der Waals surface area contributed by atoms with Crippen LogP contribution < -0.4 is 0 Å². The van der Waals surface area contributed by atoms with Crippen LogP contribution in [0.25, 0.3) is 6.08 Å². The molecule has 3 unspecified atom stereocenters. The molecule has 0 amide bonds. The van der Waals surface area contributed by atoms with Crippen molar-refractivity contribution in [1.82, 2.24) is 0 Å². The Morgan fingerprint density at radius 3 is 2.39 bits per heavy atom. The quantitative estimate of drug-likeness (QED) is 0.527. The van der Waals surface area contributed by atoms with Gasteiger partial charge in [-0.2, -0.15) is 0 Å². The largest absolute Gasteiger partial charge is 0.508 e. The van der Waals surface area contributed by atoms with Crippen molar-refractivity contribution in [1.29, 1.82) is 0 Å². The molecule has 1 fully saturated rings. The van der Waals surface area contributed by atoms with Gasteiger partial charge in [0.15, 0.2) is 0 Å². The molecule has 0 radical (unpaired) electrons. The number of aliphatic hydroxyl groups is 1. The Bertz CT molecular complexity index is 1100. The fraction of sp³-hybridized carbons (Fsp3) is 0.310. The van der Waals surface area contributed by atoms with Crippen molar-refractivity contribution in [2.45, 2.75) is 50.0 Å². The van der Waals surface area contributed by atoms with Crippen molar-refractivity contribution in [2.75, 3.05) is 0 Å². The molecule has 2 N–H and O–H groups in total. The summed E-state index contributed by atoms with van der Waals surface area (Å²) in [6.45, 7) is 2.28. The molecular formula is C29H30O2. The first kappa shape index (κ1) is 20.1. The summed E-state index contributed by atoms with van der Waals surface area (Å²) in [6.07, 6.45) is 6.77. The molecule has 0 aliphatic heterocycles. The number of hydrogen-bond donors (Lipinski definition) is 2. The Labute approximate surface area is 184 Å². The highest BCUT2D eigenvalue weighted by Gasteiger charge is 2.53. The zero-order chi connectivity index (χ0) is 21.5. The second-order valence-corrected chi connectivity index (χ2v) is 9.27. The lowest BCUT2D eigenvalue weighted by Crippen LogP contribution is -2.50. The van der Waals surface area contributed by atoms with Crippen LogP contribution in [0.15, 0.2) is 84.4 Å². The van der Waals surface area contributed by atoms with Gasteiger partial charge in [-0.1, -0.05) is 79.7 Å². The fourth-order valence-electron chi connectivity index (χ4n) is 6.15. The SMILES string of the molecule is CCC12CC(=Cc3ccccc3)C(O)(c3ccccc3)CC1CCc1cc(O)ccc12. The topological polar surface area (TPSA) is 40.5 Å². The third kappa shape index (κ3) is 3.30. The first-order chi connectivity index (χ1) is 15.0. The summed E-state index contributed by atoms with van der Waals surface area (Å²) in [6, 6.07) is 26.4. The number of phenols is 1. The number of aromatic hydroxyl groups is 1. The first-order valence-electron chi connectivity index (χ1n) is 11.4. The second kappa shape index (κ2) is 7.69. The van der Waals surface area contributed by atoms with Crippen molar-refractivity contribution >= 4 is 6.08 Å². The average Bonchev–Trinajstić information content (AvgIpc) is 2.80. The minimum absolute atomic E-state index is 0.0110. The molecule has 2 heteroatoms. The van der Waals surface area contributed by atoms with Crippen LogP contribution >= 0.6 is 0 Å². The first-order valence-corrected chi connectivity index (χ1v) is 11.4. The van der Waals surface area contributed by atoms with E-state index in [-0.39, 0.29) is 5.41 Å². The van der Waals surface area contributed by atoms with Gasteiger partial charge in [-0.15, -0.1) is 0 Å². The molecule has 0 heterocycles. The minimum atomic E-state index is -0.963. The zero-order valence-corrected chi connectivity index (χ0v) is 18.1. The normalized spacial score (nSPS) is 28.7. The molecule has 5 rings (SSSR count). The van der Waals surface area contributed by atoms with Gasteiger partial charge in [-0.05, 0) is 78.0 Å². The van der Waals surface area contributed by atoms with Gasteiger partial charge in [0, 0.05) is 5.41 Å². The fourth-order valence-corrected chi connectivity index (χ4v) is 6.15. The van der Waals surface area contributed by atoms with E-state index in [1.54, 1.807) is 0 Å². The van der Waals surface area contributed by atoms with Crippen LogP contribution in [0.4, 0.5) is 0 Å². The number of fused-ring (bicyclic) bond motifs is 3. The predicted octanol–water partition coefficient (Wildman–Crippen LogP) is 6.37. The maximum Gasteiger partial charge on any atom is 0.115 e. The number of benzene rings is 3. The smallest absolute Gasteiger partial charge is 0.115 e. The van der Waals surface area contributed by atoms with Crippen molar-refractivity contribution < 1.29 is 10.2 Å². The molecule has 3 atom stereocenters. The van der Waals surface area contributed by atoms with Gasteiger partial charge < -0.3 is 10.2 Å². The van der Waals surface area contributed by atoms with E-state index in [0.29, 0.717) is 11.7 Å². The summed E-state index contributed by atoms with van der Waals surface area (Å²) < 4.78 is 0. The highest BCUT2D eigenvalue weighted by molar-refractivity contribution is 5.59. The van der Waals surface area contributed by atoms with E-state index in [2.05, 4.69) is 43.3 Å². The van der Waals surface area contributed by atoms with E-state index >= 15 is 0 Å². The molecule has 3 aromatic rings. The molecule has 1 saturated carbocycles. The van der Waals surface area contributed by atoms with Crippen molar-refractivity contribution in [2.24, 2.45) is 5.92 Å². The number of hydrogen-bond acceptors (Lipinski definition) is 2. The Morgan fingerprint density at radius 2 is 1.68 bits per heavy atom. The number of aryl methyl sites for hydroxylation is 1. The Kier molecular flexibility index (Phi) is 4.98. The monoisotopic (exact) mass is 410 g/mol. The molecule has 158 valence electrons. The third-order valence-electron chi connectivity index (χ3n) is 7.77. The van der Waals surface area contributed by atoms with Gasteiger partial charge in [-0.25, -0.2) is 0 Å². The molecule has 3 aromatic carbocycles. The van der Waals surface area contributed by atoms with Crippen LogP contribution in [0.1, 0.15) is 54.9 Å². The molecule has 2 aliphatic rings. The molecule has 0 aromatic heterocycles. The summed E-state index contributed by atoms with van der Waals surface area (Å²) in [5.74, 6) is 0.743. The van der Waals surface area contributed by atoms with Crippen LogP contribution in [0.5, 0.6) is 5.75 Å². The molecule has 2 aliphatic carbocycles. The van der Waals surface area contributed by atoms with Gasteiger partial charge in [0.2, 0.25) is 0 Å². The summed E-state index contributed by atoms with van der Waals surface area (Å²) in [4.78, 5) is 0. The van der Waals surface area contributed by atoms with Crippen LogP contribution in [-0.2, 0) is 17.4 Å². The molecule has 31 heavy (non-hydrogen) atoms. The highest BCUT2D eigenvalue weighted by Crippen LogP contribution is 2.59. The van der Waals surface area contributed by atoms with Crippen molar-refractivity contribution in [3.8, 4) is 5.75 Å². The van der Waals surface area contributed by atoms with Crippen LogP contribution in [0, 0.1) is 5.92 Å². The Hall–Kier alpha value is -2.84. The van der Waals surface area contributed by atoms with E-state index in [9.17, 15) is 10.2 Å². The molecule has 2 nitrogen and oxygen atoms in total. The molecular weight excluding hydrogens is 380 g/mol. The van der Waals surface area contributed by atoms with Gasteiger partial charge >= 0.3 is 0 Å². The summed E-state index contributed by atoms with van der Waals surface area (Å²) >= 11 is 0. The minimum Gasteiger partial charge on any atom is -0.508 e. The van der Waals surface area contributed by atoms with Gasteiger partial charge in [0.05, 0.1) is 0 Å². The van der Waals surface area contributed by atoms with Gasteiger partial charge in [-0.3, -0.25) is 0 Å². The summed E-state index contributed by atoms with van der Waals surface area (Å²) in [5, 5.41) is 22.3. The third-order valence-corrected chi connectivity index (χ3v) is 7.77. The molecule has 0 bridgehead atoms. The number of rotatable bonds is 3. The lowest BCUT2D eigenvalue weighted by molar-refractivity contribution is -0.00856. The lowest BCUT2D eigenvalue weighted by atomic mass is 9.51. The lowest BCUT2D eigenvalue weighted by Gasteiger charge is -2.54. The average molecular weight is 411 g/mol. The molecule has 0 spiro atoms. The van der Waals surface area contributed by atoms with Crippen LogP contribution in [0.3, 0.4) is 0 Å². The van der Waals surface area contributed by atoms with E-state index in [1.165, 1.54) is 11.1 Å². The maximum absolute atomic E-state index is 12.2. The summed E-state index contributed by atoms with van der Waals surface area (Å²) in [7, 11) is 0. The van der Waals surface area contributed by atoms with E-state index in [1.807, 2.05) is 48.5 Å². The second-order valence-electron chi connectivity index (χ2n) is 9.27. The van der Waals surface area contributed by atoms with E-state index < -0.39 is 5.60 Å². The Balaban J connectivity index is 1.68. The Morgan fingerprint density at radius 1 is 0.968 bits per heavy atom. The van der Waals surface area contributed by atoms with Crippen molar-refractivity contribution in [3.63, 3.8) is 0 Å².